The summed E-state index contributed by atoms with van der Waals surface area (Å²) < 4.78 is 77.4. The molecule has 1 rings (SSSR count). The predicted molar refractivity (Wildman–Crippen MR) is 53.5 cm³/mol. The second kappa shape index (κ2) is 6.75. The maximum atomic E-state index is 13.0. The van der Waals surface area contributed by atoms with E-state index in [1.165, 1.54) is 0 Å². The van der Waals surface area contributed by atoms with E-state index in [4.69, 9.17) is 4.52 Å². The van der Waals surface area contributed by atoms with Crippen LogP contribution in [-0.2, 0) is 4.52 Å². The SMILES string of the molecule is FN1PNP(OCCCC(F)(F)F)N(F)P1F. The molecule has 13 heteroatoms. The molecule has 0 aromatic rings. The molecule has 3 unspecified atom stereocenters. The first-order valence-corrected chi connectivity index (χ1v) is 7.49. The lowest BCUT2D eigenvalue weighted by Gasteiger charge is -2.31. The fourth-order valence-electron chi connectivity index (χ4n) is 0.802. The fraction of sp³-hybridized carbons (Fsp3) is 1.00. The van der Waals surface area contributed by atoms with Gasteiger partial charge in [-0.15, -0.1) is 8.96 Å². The maximum absolute atomic E-state index is 13.0. The second-order valence-electron chi connectivity index (χ2n) is 2.79. The van der Waals surface area contributed by atoms with Crippen molar-refractivity contribution < 1.29 is 30.9 Å². The Bertz CT molecular complexity index is 247. The van der Waals surface area contributed by atoms with Gasteiger partial charge < -0.3 is 4.52 Å². The molecule has 17 heavy (non-hydrogen) atoms. The third kappa shape index (κ3) is 5.47. The van der Waals surface area contributed by atoms with Crippen LogP contribution in [0.3, 0.4) is 0 Å². The van der Waals surface area contributed by atoms with Gasteiger partial charge in [-0.25, -0.2) is 4.86 Å². The molecule has 1 saturated heterocycles. The van der Waals surface area contributed by atoms with Crippen LogP contribution in [0.2, 0.25) is 0 Å². The summed E-state index contributed by atoms with van der Waals surface area (Å²) in [6, 6.07) is 0. The molecular formula is C4H8F6N3OP3. The van der Waals surface area contributed by atoms with E-state index in [-0.39, 0.29) is 17.7 Å². The molecule has 0 bridgehead atoms. The molecule has 0 aromatic heterocycles. The lowest BCUT2D eigenvalue weighted by Crippen LogP contribution is -2.21. The molecule has 0 saturated carbocycles. The average molecular weight is 321 g/mol. The summed E-state index contributed by atoms with van der Waals surface area (Å²) >= 11 is 0. The first kappa shape index (κ1) is 15.8. The van der Waals surface area contributed by atoms with Crippen LogP contribution in [0.5, 0.6) is 0 Å². The summed E-state index contributed by atoms with van der Waals surface area (Å²) in [7, 11) is -6.25. The second-order valence-corrected chi connectivity index (χ2v) is 7.33. The van der Waals surface area contributed by atoms with E-state index in [0.29, 0.717) is 0 Å². The smallest absolute Gasteiger partial charge is 0.329 e. The summed E-state index contributed by atoms with van der Waals surface area (Å²) in [5.74, 6) is 0. The van der Waals surface area contributed by atoms with E-state index in [0.717, 1.165) is 0 Å². The van der Waals surface area contributed by atoms with Gasteiger partial charge in [0.1, 0.15) is 0 Å². The van der Waals surface area contributed by atoms with Crippen molar-refractivity contribution in [1.29, 1.82) is 0 Å². The van der Waals surface area contributed by atoms with Crippen LogP contribution in [-0.4, -0.2) is 22.1 Å². The van der Waals surface area contributed by atoms with Gasteiger partial charge in [0.2, 0.25) is 8.45 Å². The lowest BCUT2D eigenvalue weighted by atomic mass is 10.3. The van der Waals surface area contributed by atoms with Gasteiger partial charge in [0.05, 0.1) is 15.5 Å². The number of hydrogen-bond donors (Lipinski definition) is 1. The molecule has 4 nitrogen and oxygen atoms in total. The van der Waals surface area contributed by atoms with E-state index < -0.39 is 43.1 Å². The van der Waals surface area contributed by atoms with Crippen molar-refractivity contribution in [3.8, 4) is 0 Å². The number of alkyl halides is 3. The molecule has 1 aliphatic rings. The van der Waals surface area contributed by atoms with Gasteiger partial charge in [-0.2, -0.15) is 17.4 Å². The lowest BCUT2D eigenvalue weighted by molar-refractivity contribution is -0.136. The third-order valence-corrected chi connectivity index (χ3v) is 5.85. The minimum atomic E-state index is -4.31. The molecule has 0 amide bonds. The Morgan fingerprint density at radius 3 is 2.53 bits per heavy atom. The number of nitrogens with one attached hydrogen (secondary N) is 1. The third-order valence-electron chi connectivity index (χ3n) is 1.49. The minimum Gasteiger partial charge on any atom is -0.329 e. The first-order valence-electron chi connectivity index (χ1n) is 4.20. The van der Waals surface area contributed by atoms with E-state index in [1.54, 1.807) is 0 Å². The zero-order valence-electron chi connectivity index (χ0n) is 8.09. The van der Waals surface area contributed by atoms with Gasteiger partial charge in [-0.3, -0.25) is 0 Å². The van der Waals surface area contributed by atoms with Gasteiger partial charge in [0.25, 0.3) is 0 Å². The molecule has 3 atom stereocenters. The van der Waals surface area contributed by atoms with E-state index in [2.05, 4.69) is 4.86 Å². The number of nitrogens with zero attached hydrogens (tertiary/aromatic N) is 2. The molecule has 102 valence electrons. The highest BCUT2D eigenvalue weighted by Gasteiger charge is 2.40. The van der Waals surface area contributed by atoms with Crippen molar-refractivity contribution in [2.75, 3.05) is 6.61 Å². The molecule has 1 fully saturated rings. The number of halogens is 6. The largest absolute Gasteiger partial charge is 0.389 e. The Morgan fingerprint density at radius 2 is 1.94 bits per heavy atom. The van der Waals surface area contributed by atoms with Crippen LogP contribution in [0.25, 0.3) is 0 Å². The minimum absolute atomic E-state index is 0.354. The van der Waals surface area contributed by atoms with E-state index in [9.17, 15) is 26.3 Å². The van der Waals surface area contributed by atoms with Gasteiger partial charge >= 0.3 is 14.7 Å². The van der Waals surface area contributed by atoms with E-state index >= 15 is 0 Å². The normalized spacial score (nSPS) is 30.0. The number of hydrogen-bond acceptors (Lipinski definition) is 4. The van der Waals surface area contributed by atoms with Crippen LogP contribution in [0.15, 0.2) is 0 Å². The Hall–Kier alpha value is 0.710. The van der Waals surface area contributed by atoms with Crippen molar-refractivity contribution in [3.63, 3.8) is 0 Å². The summed E-state index contributed by atoms with van der Waals surface area (Å²) in [6.45, 7) is -0.376. The highest BCUT2D eigenvalue weighted by Crippen LogP contribution is 2.67. The quantitative estimate of drug-likeness (QED) is 0.362. The van der Waals surface area contributed by atoms with E-state index in [1.807, 2.05) is 0 Å². The predicted octanol–water partition coefficient (Wildman–Crippen LogP) is 4.25. The zero-order valence-corrected chi connectivity index (χ0v) is 10.9. The molecule has 0 aromatic carbocycles. The molecular weight excluding hydrogens is 313 g/mol. The van der Waals surface area contributed by atoms with Crippen LogP contribution in [0.1, 0.15) is 12.8 Å². The molecule has 1 heterocycles. The monoisotopic (exact) mass is 321 g/mol. The fourth-order valence-corrected chi connectivity index (χ4v) is 5.09. The first-order chi connectivity index (χ1) is 7.81. The van der Waals surface area contributed by atoms with Crippen molar-refractivity contribution >= 4 is 25.9 Å². The highest BCUT2D eigenvalue weighted by atomic mass is 31.3. The van der Waals surface area contributed by atoms with Crippen molar-refractivity contribution in [2.24, 2.45) is 0 Å². The molecule has 1 N–H and O–H groups in total. The highest BCUT2D eigenvalue weighted by molar-refractivity contribution is 7.74. The topological polar surface area (TPSA) is 27.7 Å². The summed E-state index contributed by atoms with van der Waals surface area (Å²) in [5, 5.41) is 0. The van der Waals surface area contributed by atoms with Crippen molar-refractivity contribution in [2.45, 2.75) is 19.0 Å². The Morgan fingerprint density at radius 1 is 1.29 bits per heavy atom. The maximum Gasteiger partial charge on any atom is 0.389 e. The molecule has 0 spiro atoms. The molecule has 0 aliphatic carbocycles. The van der Waals surface area contributed by atoms with Crippen LogP contribution in [0, 0.1) is 0 Å². The van der Waals surface area contributed by atoms with Crippen molar-refractivity contribution in [1.82, 2.24) is 14.2 Å². The Labute approximate surface area is 97.3 Å². The number of rotatable bonds is 4. The van der Waals surface area contributed by atoms with Crippen LogP contribution >= 0.6 is 25.9 Å². The molecule has 1 aliphatic heterocycles. The van der Waals surface area contributed by atoms with Gasteiger partial charge in [0, 0.05) is 6.42 Å². The molecule has 0 radical (unpaired) electrons. The van der Waals surface area contributed by atoms with Crippen molar-refractivity contribution in [3.05, 3.63) is 0 Å². The summed E-state index contributed by atoms with van der Waals surface area (Å²) in [4.78, 5) is 2.21. The Kier molecular flexibility index (Phi) is 6.26. The summed E-state index contributed by atoms with van der Waals surface area (Å²) in [6.07, 6.45) is -5.73. The Balaban J connectivity index is 2.23. The van der Waals surface area contributed by atoms with Crippen LogP contribution < -0.4 is 4.86 Å². The standard InChI is InChI=1S/C4H8F6N3OP3/c5-4(6,7)2-1-3-14-17-11-15-12(8)16(10)13(17)9/h11,15H,1-3H2. The van der Waals surface area contributed by atoms with Crippen LogP contribution in [0.4, 0.5) is 26.3 Å². The van der Waals surface area contributed by atoms with Gasteiger partial charge in [-0.1, -0.05) is 0 Å². The summed E-state index contributed by atoms with van der Waals surface area (Å²) in [5.41, 5.74) is 0. The van der Waals surface area contributed by atoms with Gasteiger partial charge in [0.15, 0.2) is 0 Å². The zero-order chi connectivity index (χ0) is 13.1. The average Bonchev–Trinajstić information content (AvgIpc) is 2.22. The van der Waals surface area contributed by atoms with Gasteiger partial charge in [-0.05, 0) is 15.7 Å².